The lowest BCUT2D eigenvalue weighted by atomic mass is 10.3. The van der Waals surface area contributed by atoms with Gasteiger partial charge in [0.2, 0.25) is 0 Å². The molecule has 0 aromatic carbocycles. The summed E-state index contributed by atoms with van der Waals surface area (Å²) in [6.07, 6.45) is 0.872. The Morgan fingerprint density at radius 2 is 2.39 bits per heavy atom. The number of nitrogens with zero attached hydrogens (tertiary/aromatic N) is 1. The van der Waals surface area contributed by atoms with E-state index in [4.69, 9.17) is 21.2 Å². The zero-order chi connectivity index (χ0) is 13.0. The summed E-state index contributed by atoms with van der Waals surface area (Å²) in [6.45, 7) is 1.22. The summed E-state index contributed by atoms with van der Waals surface area (Å²) in [5.74, 6) is -0.574. The Hall–Kier alpha value is -1.37. The average molecular weight is 287 g/mol. The minimum atomic E-state index is -1.08. The highest BCUT2D eigenvalue weighted by molar-refractivity contribution is 7.16. The predicted octanol–water partition coefficient (Wildman–Crippen LogP) is 2.42. The number of hydrogen-bond donors (Lipinski definition) is 2. The number of halogens is 1. The molecule has 0 aliphatic rings. The summed E-state index contributed by atoms with van der Waals surface area (Å²) in [5.41, 5.74) is -0.0724. The Morgan fingerprint density at radius 3 is 3.00 bits per heavy atom. The van der Waals surface area contributed by atoms with Crippen LogP contribution in [0.1, 0.15) is 21.1 Å². The molecule has 0 aliphatic carbocycles. The van der Waals surface area contributed by atoms with Crippen LogP contribution in [0.3, 0.4) is 0 Å². The van der Waals surface area contributed by atoms with E-state index in [1.54, 1.807) is 11.3 Å². The third-order valence-electron chi connectivity index (χ3n) is 2.25. The van der Waals surface area contributed by atoms with Crippen LogP contribution >= 0.6 is 22.9 Å². The molecule has 0 saturated carbocycles. The van der Waals surface area contributed by atoms with Gasteiger partial charge in [-0.05, 0) is 18.6 Å². The van der Waals surface area contributed by atoms with Gasteiger partial charge >= 0.3 is 5.97 Å². The molecule has 0 bridgehead atoms. The summed E-state index contributed by atoms with van der Waals surface area (Å²) in [5, 5.41) is 15.2. The number of carboxylic acid groups (broad SMARTS) is 1. The first-order valence-electron chi connectivity index (χ1n) is 5.29. The maximum Gasteiger partial charge on any atom is 0.358 e. The van der Waals surface area contributed by atoms with Gasteiger partial charge in [0, 0.05) is 17.5 Å². The lowest BCUT2D eigenvalue weighted by Crippen LogP contribution is -2.15. The molecule has 0 saturated heterocycles. The van der Waals surface area contributed by atoms with E-state index < -0.39 is 5.97 Å². The molecule has 0 aliphatic heterocycles. The van der Waals surface area contributed by atoms with Crippen molar-refractivity contribution in [2.45, 2.75) is 13.0 Å². The lowest BCUT2D eigenvalue weighted by molar-refractivity contribution is 0.0685. The van der Waals surface area contributed by atoms with E-state index in [9.17, 15) is 4.79 Å². The Labute approximate surface area is 112 Å². The van der Waals surface area contributed by atoms with Crippen LogP contribution in [0.2, 0.25) is 4.34 Å². The number of rotatable bonds is 6. The highest BCUT2D eigenvalue weighted by Gasteiger charge is 2.09. The number of nitrogens with one attached hydrogen (secondary N) is 1. The van der Waals surface area contributed by atoms with Crippen LogP contribution in [-0.2, 0) is 13.0 Å². The highest BCUT2D eigenvalue weighted by Crippen LogP contribution is 2.21. The molecule has 96 valence electrons. The number of aromatic carboxylic acids is 1. The molecule has 0 atom stereocenters. The van der Waals surface area contributed by atoms with Crippen LogP contribution < -0.4 is 5.32 Å². The first kappa shape index (κ1) is 13.1. The SMILES string of the molecule is O=C(O)c1cc(CNCCc2ccc(Cl)s2)on1. The van der Waals surface area contributed by atoms with Crippen molar-refractivity contribution in [3.8, 4) is 0 Å². The molecule has 7 heteroatoms. The molecular formula is C11H11ClN2O3S. The van der Waals surface area contributed by atoms with Crippen molar-refractivity contribution < 1.29 is 14.4 Å². The Morgan fingerprint density at radius 1 is 1.56 bits per heavy atom. The monoisotopic (exact) mass is 286 g/mol. The van der Waals surface area contributed by atoms with Gasteiger partial charge in [-0.1, -0.05) is 16.8 Å². The van der Waals surface area contributed by atoms with Crippen LogP contribution in [0.5, 0.6) is 0 Å². The van der Waals surface area contributed by atoms with E-state index in [-0.39, 0.29) is 5.69 Å². The number of hydrogen-bond acceptors (Lipinski definition) is 5. The summed E-state index contributed by atoms with van der Waals surface area (Å²) in [6, 6.07) is 5.28. The predicted molar refractivity (Wildman–Crippen MR) is 68.2 cm³/mol. The van der Waals surface area contributed by atoms with Gasteiger partial charge in [0.25, 0.3) is 0 Å². The fourth-order valence-electron chi connectivity index (χ4n) is 1.41. The zero-order valence-electron chi connectivity index (χ0n) is 9.35. The fraction of sp³-hybridized carbons (Fsp3) is 0.273. The van der Waals surface area contributed by atoms with Crippen LogP contribution in [0.4, 0.5) is 0 Å². The van der Waals surface area contributed by atoms with Gasteiger partial charge in [-0.2, -0.15) is 0 Å². The highest BCUT2D eigenvalue weighted by atomic mass is 35.5. The Balaban J connectivity index is 1.73. The number of thiophene rings is 1. The van der Waals surface area contributed by atoms with Gasteiger partial charge in [-0.25, -0.2) is 4.79 Å². The standard InChI is InChI=1S/C11H11ClN2O3S/c12-10-2-1-8(18-10)3-4-13-6-7-5-9(11(15)16)14-17-7/h1-2,5,13H,3-4,6H2,(H,15,16). The van der Waals surface area contributed by atoms with Gasteiger partial charge in [-0.3, -0.25) is 0 Å². The normalized spacial score (nSPS) is 10.7. The number of carbonyl (C=O) groups is 1. The van der Waals surface area contributed by atoms with Crippen LogP contribution in [0, 0.1) is 0 Å². The van der Waals surface area contributed by atoms with Crippen LogP contribution in [-0.4, -0.2) is 22.8 Å². The topological polar surface area (TPSA) is 75.4 Å². The molecule has 0 radical (unpaired) electrons. The molecule has 2 aromatic heterocycles. The Bertz CT molecular complexity index is 538. The molecule has 0 fully saturated rings. The van der Waals surface area contributed by atoms with Crippen molar-refractivity contribution in [3.05, 3.63) is 38.9 Å². The van der Waals surface area contributed by atoms with E-state index in [1.165, 1.54) is 10.9 Å². The van der Waals surface area contributed by atoms with Gasteiger partial charge in [0.15, 0.2) is 11.5 Å². The van der Waals surface area contributed by atoms with Gasteiger partial charge in [0.05, 0.1) is 10.9 Å². The summed E-state index contributed by atoms with van der Waals surface area (Å²) < 4.78 is 5.65. The van der Waals surface area contributed by atoms with Gasteiger partial charge in [-0.15, -0.1) is 11.3 Å². The van der Waals surface area contributed by atoms with E-state index >= 15 is 0 Å². The molecular weight excluding hydrogens is 276 g/mol. The minimum Gasteiger partial charge on any atom is -0.476 e. The first-order valence-corrected chi connectivity index (χ1v) is 6.48. The third kappa shape index (κ3) is 3.56. The third-order valence-corrected chi connectivity index (χ3v) is 3.55. The maximum atomic E-state index is 10.6. The summed E-state index contributed by atoms with van der Waals surface area (Å²) in [7, 11) is 0. The van der Waals surface area contributed by atoms with Crippen LogP contribution in [0.25, 0.3) is 0 Å². The average Bonchev–Trinajstić information content (AvgIpc) is 2.93. The first-order chi connectivity index (χ1) is 8.65. The smallest absolute Gasteiger partial charge is 0.358 e. The molecule has 5 nitrogen and oxygen atoms in total. The molecule has 0 amide bonds. The van der Waals surface area contributed by atoms with Crippen molar-refractivity contribution in [2.24, 2.45) is 0 Å². The second kappa shape index (κ2) is 5.99. The maximum absolute atomic E-state index is 10.6. The summed E-state index contributed by atoms with van der Waals surface area (Å²) >= 11 is 7.37. The summed E-state index contributed by atoms with van der Waals surface area (Å²) in [4.78, 5) is 11.8. The Kier molecular flexibility index (Phi) is 4.35. The lowest BCUT2D eigenvalue weighted by Gasteiger charge is -1.99. The van der Waals surface area contributed by atoms with Crippen molar-refractivity contribution in [1.29, 1.82) is 0 Å². The van der Waals surface area contributed by atoms with Gasteiger partial charge in [0.1, 0.15) is 0 Å². The minimum absolute atomic E-state index is 0.0724. The second-order valence-corrected chi connectivity index (χ2v) is 5.42. The quantitative estimate of drug-likeness (QED) is 0.798. The van der Waals surface area contributed by atoms with E-state index in [2.05, 4.69) is 10.5 Å². The van der Waals surface area contributed by atoms with Crippen molar-refractivity contribution in [1.82, 2.24) is 10.5 Å². The van der Waals surface area contributed by atoms with E-state index in [0.29, 0.717) is 12.3 Å². The molecule has 2 rings (SSSR count). The van der Waals surface area contributed by atoms with E-state index in [1.807, 2.05) is 12.1 Å². The van der Waals surface area contributed by atoms with Crippen molar-refractivity contribution in [3.63, 3.8) is 0 Å². The molecule has 2 N–H and O–H groups in total. The molecule has 0 spiro atoms. The molecule has 18 heavy (non-hydrogen) atoms. The molecule has 2 heterocycles. The zero-order valence-corrected chi connectivity index (χ0v) is 10.9. The van der Waals surface area contributed by atoms with Crippen molar-refractivity contribution >= 4 is 28.9 Å². The van der Waals surface area contributed by atoms with Crippen molar-refractivity contribution in [2.75, 3.05) is 6.54 Å². The van der Waals surface area contributed by atoms with E-state index in [0.717, 1.165) is 17.3 Å². The number of carboxylic acids is 1. The molecule has 2 aromatic rings. The van der Waals surface area contributed by atoms with Gasteiger partial charge < -0.3 is 14.9 Å². The largest absolute Gasteiger partial charge is 0.476 e. The fourth-order valence-corrected chi connectivity index (χ4v) is 2.49. The van der Waals surface area contributed by atoms with Crippen LogP contribution in [0.15, 0.2) is 22.7 Å². The molecule has 0 unspecified atom stereocenters. The number of aromatic nitrogens is 1. The second-order valence-electron chi connectivity index (χ2n) is 3.62.